The van der Waals surface area contributed by atoms with Crippen molar-refractivity contribution in [2.75, 3.05) is 0 Å². The number of carbonyl (C=O) groups excluding carboxylic acids is 2. The van der Waals surface area contributed by atoms with Crippen molar-refractivity contribution in [3.05, 3.63) is 11.6 Å². The summed E-state index contributed by atoms with van der Waals surface area (Å²) in [5.41, 5.74) is 0.926. The first-order chi connectivity index (χ1) is 12.1. The van der Waals surface area contributed by atoms with E-state index < -0.39 is 6.10 Å². The van der Waals surface area contributed by atoms with E-state index in [1.807, 2.05) is 6.08 Å². The fraction of sp³-hybridized carbons (Fsp3) is 0.818. The molecule has 0 radical (unpaired) electrons. The van der Waals surface area contributed by atoms with Crippen molar-refractivity contribution >= 4 is 27.5 Å². The van der Waals surface area contributed by atoms with Gasteiger partial charge in [-0.3, -0.25) is 9.59 Å². The second-order valence-corrected chi connectivity index (χ2v) is 11.3. The Morgan fingerprint density at radius 1 is 1.27 bits per heavy atom. The van der Waals surface area contributed by atoms with Crippen LogP contribution in [0.1, 0.15) is 66.2 Å². The fourth-order valence-corrected chi connectivity index (χ4v) is 8.97. The van der Waals surface area contributed by atoms with Gasteiger partial charge in [0.15, 0.2) is 5.78 Å². The third kappa shape index (κ3) is 2.15. The van der Waals surface area contributed by atoms with Crippen molar-refractivity contribution in [3.8, 4) is 0 Å². The highest BCUT2D eigenvalue weighted by atomic mass is 79.9. The molecule has 0 amide bonds. The molecule has 0 aliphatic heterocycles. The molecule has 0 saturated heterocycles. The molecule has 144 valence electrons. The summed E-state index contributed by atoms with van der Waals surface area (Å²) in [5.74, 6) is 1.73. The first-order valence-corrected chi connectivity index (χ1v) is 11.0. The highest BCUT2D eigenvalue weighted by molar-refractivity contribution is 9.10. The highest BCUT2D eigenvalue weighted by Crippen LogP contribution is 2.71. The summed E-state index contributed by atoms with van der Waals surface area (Å²) in [5, 5.41) is 11.5. The number of ketones is 2. The number of fused-ring (bicyclic) bond motifs is 5. The summed E-state index contributed by atoms with van der Waals surface area (Å²) in [6, 6.07) is 0. The van der Waals surface area contributed by atoms with Crippen LogP contribution in [0.4, 0.5) is 0 Å². The standard InChI is InChI=1S/C22H31BrO3/c1-12-9-17-16-6-5-14-10-15(25)7-8-21(14,4)22(16,23)18(26)11-20(17,3)19(12)13(2)24/h10,12,16-19,26H,5-9,11H2,1-4H3. The molecule has 4 heteroatoms. The molecule has 0 aromatic carbocycles. The molecule has 4 aliphatic rings. The first-order valence-electron chi connectivity index (χ1n) is 10.2. The van der Waals surface area contributed by atoms with E-state index in [2.05, 4.69) is 36.7 Å². The first kappa shape index (κ1) is 18.9. The smallest absolute Gasteiger partial charge is 0.155 e. The van der Waals surface area contributed by atoms with Crippen molar-refractivity contribution < 1.29 is 14.7 Å². The summed E-state index contributed by atoms with van der Waals surface area (Å²) in [6.07, 6.45) is 6.42. The van der Waals surface area contributed by atoms with Crippen LogP contribution in [-0.2, 0) is 9.59 Å². The van der Waals surface area contributed by atoms with Gasteiger partial charge < -0.3 is 5.11 Å². The van der Waals surface area contributed by atoms with E-state index in [1.165, 1.54) is 5.57 Å². The van der Waals surface area contributed by atoms with E-state index in [4.69, 9.17) is 0 Å². The highest BCUT2D eigenvalue weighted by Gasteiger charge is 2.70. The molecule has 3 nitrogen and oxygen atoms in total. The van der Waals surface area contributed by atoms with E-state index in [0.29, 0.717) is 30.6 Å². The third-order valence-electron chi connectivity index (χ3n) is 8.82. The Morgan fingerprint density at radius 2 is 1.96 bits per heavy atom. The number of hydrogen-bond acceptors (Lipinski definition) is 3. The minimum Gasteiger partial charge on any atom is -0.392 e. The summed E-state index contributed by atoms with van der Waals surface area (Å²) in [6.45, 7) is 8.44. The van der Waals surface area contributed by atoms with Gasteiger partial charge in [0, 0.05) is 17.8 Å². The van der Waals surface area contributed by atoms with Gasteiger partial charge in [0.05, 0.1) is 10.4 Å². The van der Waals surface area contributed by atoms with Gasteiger partial charge in [0.25, 0.3) is 0 Å². The van der Waals surface area contributed by atoms with Gasteiger partial charge in [-0.25, -0.2) is 0 Å². The van der Waals surface area contributed by atoms with Crippen molar-refractivity contribution in [1.29, 1.82) is 0 Å². The molecular weight excluding hydrogens is 392 g/mol. The summed E-state index contributed by atoms with van der Waals surface area (Å²) < 4.78 is -0.389. The van der Waals surface area contributed by atoms with Crippen LogP contribution in [-0.4, -0.2) is 27.1 Å². The summed E-state index contributed by atoms with van der Waals surface area (Å²) in [4.78, 5) is 24.5. The Morgan fingerprint density at radius 3 is 2.62 bits per heavy atom. The van der Waals surface area contributed by atoms with Crippen molar-refractivity contribution in [1.82, 2.24) is 0 Å². The van der Waals surface area contributed by atoms with Crippen LogP contribution in [0.15, 0.2) is 11.6 Å². The lowest BCUT2D eigenvalue weighted by Crippen LogP contribution is -2.66. The minimum atomic E-state index is -0.497. The Balaban J connectivity index is 1.81. The van der Waals surface area contributed by atoms with Crippen molar-refractivity contribution in [2.45, 2.75) is 76.6 Å². The quantitative estimate of drug-likeness (QED) is 0.634. The molecule has 26 heavy (non-hydrogen) atoms. The monoisotopic (exact) mass is 422 g/mol. The van der Waals surface area contributed by atoms with Gasteiger partial charge in [-0.1, -0.05) is 42.3 Å². The maximum Gasteiger partial charge on any atom is 0.155 e. The van der Waals surface area contributed by atoms with E-state index in [0.717, 1.165) is 25.7 Å². The molecule has 8 unspecified atom stereocenters. The molecule has 3 saturated carbocycles. The minimum absolute atomic E-state index is 0.0527. The molecule has 0 bridgehead atoms. The van der Waals surface area contributed by atoms with Gasteiger partial charge in [0.2, 0.25) is 0 Å². The number of allylic oxidation sites excluding steroid dienone is 1. The van der Waals surface area contributed by atoms with E-state index >= 15 is 0 Å². The van der Waals surface area contributed by atoms with Gasteiger partial charge >= 0.3 is 0 Å². The van der Waals surface area contributed by atoms with Crippen LogP contribution in [0.3, 0.4) is 0 Å². The number of Topliss-reactive ketones (excluding diaryl/α,β-unsaturated/α-hetero) is 1. The third-order valence-corrected chi connectivity index (χ3v) is 10.8. The maximum absolute atomic E-state index is 12.5. The van der Waals surface area contributed by atoms with E-state index in [9.17, 15) is 14.7 Å². The van der Waals surface area contributed by atoms with Gasteiger partial charge in [-0.2, -0.15) is 0 Å². The molecule has 0 heterocycles. The van der Waals surface area contributed by atoms with Gasteiger partial charge in [-0.05, 0) is 68.3 Å². The summed E-state index contributed by atoms with van der Waals surface area (Å²) in [7, 11) is 0. The zero-order valence-corrected chi connectivity index (χ0v) is 17.9. The number of hydrogen-bond donors (Lipinski definition) is 1. The van der Waals surface area contributed by atoms with Gasteiger partial charge in [0.1, 0.15) is 5.78 Å². The van der Waals surface area contributed by atoms with Crippen LogP contribution in [0.2, 0.25) is 0 Å². The van der Waals surface area contributed by atoms with Crippen LogP contribution in [0.5, 0.6) is 0 Å². The molecule has 0 aromatic rings. The van der Waals surface area contributed by atoms with Crippen LogP contribution >= 0.6 is 15.9 Å². The number of aliphatic hydroxyl groups is 1. The molecule has 4 aliphatic carbocycles. The zero-order chi connectivity index (χ0) is 19.1. The number of carbonyl (C=O) groups is 2. The Hall–Kier alpha value is -0.480. The van der Waals surface area contributed by atoms with Crippen LogP contribution < -0.4 is 0 Å². The van der Waals surface area contributed by atoms with Crippen LogP contribution in [0, 0.1) is 34.5 Å². The molecule has 0 spiro atoms. The Kier molecular flexibility index (Phi) is 4.18. The fourth-order valence-electron chi connectivity index (χ4n) is 7.80. The van der Waals surface area contributed by atoms with E-state index in [1.54, 1.807) is 6.92 Å². The second kappa shape index (κ2) is 5.76. The number of aliphatic hydroxyl groups excluding tert-OH is 1. The average Bonchev–Trinajstić information content (AvgIpc) is 2.80. The predicted octanol–water partition coefficient (Wildman–Crippen LogP) is 4.46. The average molecular weight is 423 g/mol. The molecular formula is C22H31BrO3. The lowest BCUT2D eigenvalue weighted by molar-refractivity contribution is -0.136. The molecule has 3 fully saturated rings. The zero-order valence-electron chi connectivity index (χ0n) is 16.3. The topological polar surface area (TPSA) is 54.4 Å². The Labute approximate surface area is 165 Å². The number of alkyl halides is 1. The lowest BCUT2D eigenvalue weighted by Gasteiger charge is -2.64. The summed E-state index contributed by atoms with van der Waals surface area (Å²) >= 11 is 4.11. The second-order valence-electron chi connectivity index (χ2n) is 10.0. The van der Waals surface area contributed by atoms with Crippen molar-refractivity contribution in [3.63, 3.8) is 0 Å². The molecule has 0 aromatic heterocycles. The van der Waals surface area contributed by atoms with E-state index in [-0.39, 0.29) is 32.6 Å². The SMILES string of the molecule is CC(=O)C1C(C)CC2C3CCC4=CC(=O)CCC4(C)C3(Br)C(O)CC21C. The molecule has 4 rings (SSSR count). The van der Waals surface area contributed by atoms with Gasteiger partial charge in [-0.15, -0.1) is 0 Å². The molecule has 1 N–H and O–H groups in total. The molecule has 8 atom stereocenters. The normalized spacial score (nSPS) is 53.4. The Bertz CT molecular complexity index is 700. The number of rotatable bonds is 1. The largest absolute Gasteiger partial charge is 0.392 e. The maximum atomic E-state index is 12.5. The van der Waals surface area contributed by atoms with Crippen molar-refractivity contribution in [2.24, 2.45) is 34.5 Å². The lowest BCUT2D eigenvalue weighted by atomic mass is 9.45. The predicted molar refractivity (Wildman–Crippen MR) is 105 cm³/mol. The van der Waals surface area contributed by atoms with Crippen LogP contribution in [0.25, 0.3) is 0 Å². The number of halogens is 1.